The largest absolute Gasteiger partial charge is 0.373 e. The Kier molecular flexibility index (Phi) is 2.75. The van der Waals surface area contributed by atoms with E-state index in [4.69, 9.17) is 0 Å². The third kappa shape index (κ3) is 2.03. The first kappa shape index (κ1) is 10.2. The Morgan fingerprint density at radius 1 is 1.47 bits per heavy atom. The van der Waals surface area contributed by atoms with Crippen LogP contribution in [0, 0.1) is 0 Å². The van der Waals surface area contributed by atoms with Crippen LogP contribution >= 0.6 is 11.8 Å². The highest BCUT2D eigenvalue weighted by molar-refractivity contribution is 8.09. The van der Waals surface area contributed by atoms with Gasteiger partial charge in [0, 0.05) is 23.0 Å². The quantitative estimate of drug-likeness (QED) is 0.742. The summed E-state index contributed by atoms with van der Waals surface area (Å²) in [6.07, 6.45) is 3.36. The SMILES string of the molecule is CC1=C(c2ccncc2)SC(O)C(=O)N1. The second kappa shape index (κ2) is 4.04. The van der Waals surface area contributed by atoms with Crippen LogP contribution in [-0.4, -0.2) is 21.4 Å². The Morgan fingerprint density at radius 3 is 2.80 bits per heavy atom. The molecular formula is C10H10N2O2S. The number of nitrogens with one attached hydrogen (secondary N) is 1. The van der Waals surface area contributed by atoms with Crippen molar-refractivity contribution in [1.29, 1.82) is 0 Å². The highest BCUT2D eigenvalue weighted by Gasteiger charge is 2.25. The number of carbonyl (C=O) groups is 1. The smallest absolute Gasteiger partial charge is 0.263 e. The van der Waals surface area contributed by atoms with E-state index in [0.29, 0.717) is 0 Å². The van der Waals surface area contributed by atoms with Crippen molar-refractivity contribution in [2.24, 2.45) is 0 Å². The molecule has 0 fully saturated rings. The average molecular weight is 222 g/mol. The van der Waals surface area contributed by atoms with Crippen molar-refractivity contribution in [3.8, 4) is 0 Å². The Labute approximate surface area is 91.4 Å². The number of allylic oxidation sites excluding steroid dienone is 1. The number of amides is 1. The number of carbonyl (C=O) groups excluding carboxylic acids is 1. The molecule has 1 atom stereocenters. The van der Waals surface area contributed by atoms with Gasteiger partial charge in [-0.1, -0.05) is 11.8 Å². The zero-order chi connectivity index (χ0) is 10.8. The Bertz CT molecular complexity index is 417. The molecule has 0 saturated heterocycles. The summed E-state index contributed by atoms with van der Waals surface area (Å²) in [6, 6.07) is 3.69. The van der Waals surface area contributed by atoms with Crippen LogP contribution in [0.1, 0.15) is 12.5 Å². The molecule has 15 heavy (non-hydrogen) atoms. The van der Waals surface area contributed by atoms with Crippen LogP contribution in [-0.2, 0) is 4.79 Å². The molecule has 2 heterocycles. The maximum absolute atomic E-state index is 11.2. The second-order valence-electron chi connectivity index (χ2n) is 3.15. The Hall–Kier alpha value is -1.33. The summed E-state index contributed by atoms with van der Waals surface area (Å²) in [5, 5.41) is 12.1. The minimum absolute atomic E-state index is 0.365. The Morgan fingerprint density at radius 2 is 2.13 bits per heavy atom. The highest BCUT2D eigenvalue weighted by atomic mass is 32.2. The first-order valence-corrected chi connectivity index (χ1v) is 5.33. The van der Waals surface area contributed by atoms with E-state index in [1.807, 2.05) is 19.1 Å². The third-order valence-electron chi connectivity index (χ3n) is 2.05. The summed E-state index contributed by atoms with van der Waals surface area (Å²) in [4.78, 5) is 15.9. The topological polar surface area (TPSA) is 62.2 Å². The van der Waals surface area contributed by atoms with Crippen molar-refractivity contribution >= 4 is 22.6 Å². The minimum Gasteiger partial charge on any atom is -0.373 e. The molecule has 2 rings (SSSR count). The first-order valence-electron chi connectivity index (χ1n) is 4.45. The molecule has 1 amide bonds. The zero-order valence-corrected chi connectivity index (χ0v) is 8.91. The van der Waals surface area contributed by atoms with Crippen LogP contribution < -0.4 is 5.32 Å². The van der Waals surface area contributed by atoms with E-state index < -0.39 is 5.44 Å². The number of rotatable bonds is 1. The normalized spacial score (nSPS) is 21.5. The summed E-state index contributed by atoms with van der Waals surface area (Å²) in [5.74, 6) is -0.365. The molecule has 0 aliphatic carbocycles. The lowest BCUT2D eigenvalue weighted by molar-refractivity contribution is -0.124. The monoisotopic (exact) mass is 222 g/mol. The molecule has 1 aromatic rings. The fourth-order valence-corrected chi connectivity index (χ4v) is 2.23. The van der Waals surface area contributed by atoms with Crippen molar-refractivity contribution < 1.29 is 9.90 Å². The van der Waals surface area contributed by atoms with E-state index in [9.17, 15) is 9.90 Å². The van der Waals surface area contributed by atoms with E-state index in [1.165, 1.54) is 0 Å². The van der Waals surface area contributed by atoms with Crippen LogP contribution in [0.3, 0.4) is 0 Å². The van der Waals surface area contributed by atoms with Gasteiger partial charge in [-0.15, -0.1) is 0 Å². The van der Waals surface area contributed by atoms with Gasteiger partial charge in [0.2, 0.25) is 0 Å². The molecular weight excluding hydrogens is 212 g/mol. The standard InChI is InChI=1S/C10H10N2O2S/c1-6-8(7-2-4-11-5-3-7)15-10(14)9(13)12-6/h2-5,10,14H,1H3,(H,12,13). The highest BCUT2D eigenvalue weighted by Crippen LogP contribution is 2.35. The van der Waals surface area contributed by atoms with Gasteiger partial charge in [-0.25, -0.2) is 0 Å². The van der Waals surface area contributed by atoms with Gasteiger partial charge < -0.3 is 10.4 Å². The molecule has 0 bridgehead atoms. The first-order chi connectivity index (χ1) is 7.18. The lowest BCUT2D eigenvalue weighted by atomic mass is 10.2. The van der Waals surface area contributed by atoms with Crippen molar-refractivity contribution in [2.45, 2.75) is 12.4 Å². The second-order valence-corrected chi connectivity index (χ2v) is 4.24. The minimum atomic E-state index is -1.03. The van der Waals surface area contributed by atoms with E-state index in [1.54, 1.807) is 12.4 Å². The zero-order valence-electron chi connectivity index (χ0n) is 8.10. The number of aliphatic hydroxyl groups is 1. The molecule has 4 nitrogen and oxygen atoms in total. The maximum Gasteiger partial charge on any atom is 0.263 e. The summed E-state index contributed by atoms with van der Waals surface area (Å²) in [5.41, 5.74) is 0.685. The van der Waals surface area contributed by atoms with Crippen molar-refractivity contribution in [2.75, 3.05) is 0 Å². The number of hydrogen-bond acceptors (Lipinski definition) is 4. The van der Waals surface area contributed by atoms with E-state index in [-0.39, 0.29) is 5.91 Å². The lowest BCUT2D eigenvalue weighted by Gasteiger charge is -2.21. The van der Waals surface area contributed by atoms with Gasteiger partial charge in [0.05, 0.1) is 0 Å². The number of nitrogens with zero attached hydrogens (tertiary/aromatic N) is 1. The number of thioether (sulfide) groups is 1. The molecule has 0 saturated carbocycles. The van der Waals surface area contributed by atoms with Crippen LogP contribution in [0.15, 0.2) is 30.2 Å². The molecule has 5 heteroatoms. The summed E-state index contributed by atoms with van der Waals surface area (Å²) >= 11 is 1.15. The van der Waals surface area contributed by atoms with E-state index >= 15 is 0 Å². The van der Waals surface area contributed by atoms with Crippen LogP contribution in [0.5, 0.6) is 0 Å². The lowest BCUT2D eigenvalue weighted by Crippen LogP contribution is -2.35. The summed E-state index contributed by atoms with van der Waals surface area (Å²) in [7, 11) is 0. The summed E-state index contributed by atoms with van der Waals surface area (Å²) < 4.78 is 0. The molecule has 1 aliphatic rings. The number of pyridine rings is 1. The van der Waals surface area contributed by atoms with Gasteiger partial charge >= 0.3 is 0 Å². The predicted octanol–water partition coefficient (Wildman–Crippen LogP) is 0.951. The maximum atomic E-state index is 11.2. The fourth-order valence-electron chi connectivity index (χ4n) is 1.34. The van der Waals surface area contributed by atoms with Crippen molar-refractivity contribution in [1.82, 2.24) is 10.3 Å². The van der Waals surface area contributed by atoms with E-state index in [0.717, 1.165) is 27.9 Å². The molecule has 0 aromatic carbocycles. The molecule has 1 aliphatic heterocycles. The van der Waals surface area contributed by atoms with Crippen molar-refractivity contribution in [3.63, 3.8) is 0 Å². The average Bonchev–Trinajstić information content (AvgIpc) is 2.25. The van der Waals surface area contributed by atoms with Gasteiger partial charge in [-0.3, -0.25) is 9.78 Å². The van der Waals surface area contributed by atoms with Gasteiger partial charge in [0.15, 0.2) is 5.44 Å². The predicted molar refractivity (Wildman–Crippen MR) is 58.6 cm³/mol. The number of hydrogen-bond donors (Lipinski definition) is 2. The fraction of sp³-hybridized carbons (Fsp3) is 0.200. The van der Waals surface area contributed by atoms with Crippen LogP contribution in [0.25, 0.3) is 4.91 Å². The van der Waals surface area contributed by atoms with Gasteiger partial charge in [-0.2, -0.15) is 0 Å². The Balaban J connectivity index is 2.37. The van der Waals surface area contributed by atoms with Crippen LogP contribution in [0.4, 0.5) is 0 Å². The van der Waals surface area contributed by atoms with Crippen LogP contribution in [0.2, 0.25) is 0 Å². The summed E-state index contributed by atoms with van der Waals surface area (Å²) in [6.45, 7) is 1.81. The molecule has 0 radical (unpaired) electrons. The number of aliphatic hydroxyl groups excluding tert-OH is 1. The van der Waals surface area contributed by atoms with E-state index in [2.05, 4.69) is 10.3 Å². The van der Waals surface area contributed by atoms with Gasteiger partial charge in [0.25, 0.3) is 5.91 Å². The molecule has 78 valence electrons. The number of aromatic nitrogens is 1. The van der Waals surface area contributed by atoms with Gasteiger partial charge in [-0.05, 0) is 24.6 Å². The molecule has 1 aromatic heterocycles. The van der Waals surface area contributed by atoms with Gasteiger partial charge in [0.1, 0.15) is 0 Å². The molecule has 0 spiro atoms. The third-order valence-corrected chi connectivity index (χ3v) is 3.26. The van der Waals surface area contributed by atoms with Crippen molar-refractivity contribution in [3.05, 3.63) is 35.8 Å². The molecule has 1 unspecified atom stereocenters. The molecule has 2 N–H and O–H groups in total.